The van der Waals surface area contributed by atoms with Crippen molar-refractivity contribution in [3.63, 3.8) is 0 Å². The van der Waals surface area contributed by atoms with Crippen LogP contribution in [0.2, 0.25) is 0 Å². The van der Waals surface area contributed by atoms with Crippen molar-refractivity contribution >= 4 is 16.7 Å². The Morgan fingerprint density at radius 2 is 1.57 bits per heavy atom. The number of piperazine rings is 1. The van der Waals surface area contributed by atoms with Crippen LogP contribution in [0.25, 0.3) is 10.8 Å². The molecule has 1 aliphatic rings. The molecule has 0 aliphatic carbocycles. The van der Waals surface area contributed by atoms with Crippen molar-refractivity contribution in [2.75, 3.05) is 37.6 Å². The number of nitrogens with zero attached hydrogens (tertiary/aromatic N) is 6. The minimum atomic E-state index is 0.0117. The lowest BCUT2D eigenvalue weighted by Crippen LogP contribution is -2.47. The largest absolute Gasteiger partial charge is 0.338 e. The van der Waals surface area contributed by atoms with Crippen molar-refractivity contribution in [3.8, 4) is 0 Å². The Morgan fingerprint density at radius 3 is 2.32 bits per heavy atom. The summed E-state index contributed by atoms with van der Waals surface area (Å²) < 4.78 is 1.63. The SMILES string of the molecule is Cc1nn(CCCCN2CCN(c3ncccn3)CC2)c(=O)c2ccccc12. The lowest BCUT2D eigenvalue weighted by Gasteiger charge is -2.34. The normalized spacial score (nSPS) is 15.2. The van der Waals surface area contributed by atoms with E-state index in [0.717, 1.165) is 68.0 Å². The molecule has 146 valence electrons. The van der Waals surface area contributed by atoms with Gasteiger partial charge < -0.3 is 4.90 Å². The standard InChI is InChI=1S/C21H26N6O/c1-17-18-7-2-3-8-19(18)20(28)27(24-17)12-5-4-11-25-13-15-26(16-14-25)21-22-9-6-10-23-21/h2-3,6-10H,4-5,11-16H2,1H3. The van der Waals surface area contributed by atoms with E-state index in [1.54, 1.807) is 17.1 Å². The van der Waals surface area contributed by atoms with E-state index < -0.39 is 0 Å². The predicted octanol–water partition coefficient (Wildman–Crippen LogP) is 2.10. The van der Waals surface area contributed by atoms with Crippen LogP contribution in [0.15, 0.2) is 47.5 Å². The number of hydrogen-bond acceptors (Lipinski definition) is 6. The number of benzene rings is 1. The van der Waals surface area contributed by atoms with Crippen molar-refractivity contribution in [3.05, 3.63) is 58.8 Å². The molecule has 2 aromatic heterocycles. The van der Waals surface area contributed by atoms with Crippen LogP contribution >= 0.6 is 0 Å². The fraction of sp³-hybridized carbons (Fsp3) is 0.429. The quantitative estimate of drug-likeness (QED) is 0.612. The molecule has 28 heavy (non-hydrogen) atoms. The van der Waals surface area contributed by atoms with Crippen LogP contribution in [0, 0.1) is 6.92 Å². The van der Waals surface area contributed by atoms with Gasteiger partial charge in [0, 0.05) is 50.5 Å². The van der Waals surface area contributed by atoms with Gasteiger partial charge >= 0.3 is 0 Å². The summed E-state index contributed by atoms with van der Waals surface area (Å²) in [5.41, 5.74) is 0.923. The molecule has 0 atom stereocenters. The summed E-state index contributed by atoms with van der Waals surface area (Å²) in [4.78, 5) is 26.0. The third-order valence-corrected chi connectivity index (χ3v) is 5.35. The van der Waals surface area contributed by atoms with E-state index in [1.807, 2.05) is 37.3 Å². The summed E-state index contributed by atoms with van der Waals surface area (Å²) in [5, 5.41) is 6.21. The van der Waals surface area contributed by atoms with Crippen LogP contribution in [0.4, 0.5) is 5.95 Å². The summed E-state index contributed by atoms with van der Waals surface area (Å²) in [6.45, 7) is 7.63. The number of hydrogen-bond donors (Lipinski definition) is 0. The van der Waals surface area contributed by atoms with Crippen molar-refractivity contribution in [1.82, 2.24) is 24.6 Å². The summed E-state index contributed by atoms with van der Waals surface area (Å²) in [5.74, 6) is 0.819. The van der Waals surface area contributed by atoms with E-state index in [2.05, 4.69) is 24.9 Å². The van der Waals surface area contributed by atoms with E-state index in [0.29, 0.717) is 6.54 Å². The first-order chi connectivity index (χ1) is 13.7. The maximum absolute atomic E-state index is 12.6. The molecule has 1 saturated heterocycles. The molecule has 4 rings (SSSR count). The monoisotopic (exact) mass is 378 g/mol. The minimum absolute atomic E-state index is 0.0117. The van der Waals surface area contributed by atoms with E-state index >= 15 is 0 Å². The Balaban J connectivity index is 1.26. The van der Waals surface area contributed by atoms with Gasteiger partial charge in [0.25, 0.3) is 5.56 Å². The molecular formula is C21H26N6O. The lowest BCUT2D eigenvalue weighted by atomic mass is 10.1. The molecule has 0 saturated carbocycles. The smallest absolute Gasteiger partial charge is 0.274 e. The summed E-state index contributed by atoms with van der Waals surface area (Å²) in [7, 11) is 0. The molecule has 7 heteroatoms. The fourth-order valence-corrected chi connectivity index (χ4v) is 3.78. The van der Waals surface area contributed by atoms with Crippen LogP contribution < -0.4 is 10.5 Å². The van der Waals surface area contributed by atoms with Gasteiger partial charge in [0.15, 0.2) is 0 Å². The van der Waals surface area contributed by atoms with Crippen molar-refractivity contribution in [1.29, 1.82) is 0 Å². The Labute approximate surface area is 164 Å². The third-order valence-electron chi connectivity index (χ3n) is 5.35. The highest BCUT2D eigenvalue weighted by atomic mass is 16.1. The molecule has 1 fully saturated rings. The minimum Gasteiger partial charge on any atom is -0.338 e. The molecule has 0 radical (unpaired) electrons. The third kappa shape index (κ3) is 4.04. The summed E-state index contributed by atoms with van der Waals surface area (Å²) >= 11 is 0. The van der Waals surface area contributed by atoms with Gasteiger partial charge in [-0.2, -0.15) is 5.10 Å². The van der Waals surface area contributed by atoms with Gasteiger partial charge in [-0.1, -0.05) is 18.2 Å². The van der Waals surface area contributed by atoms with Gasteiger partial charge in [-0.3, -0.25) is 9.69 Å². The maximum Gasteiger partial charge on any atom is 0.274 e. The number of rotatable bonds is 6. The fourth-order valence-electron chi connectivity index (χ4n) is 3.78. The molecule has 0 unspecified atom stereocenters. The number of aryl methyl sites for hydroxylation is 2. The number of unbranched alkanes of at least 4 members (excludes halogenated alkanes) is 1. The summed E-state index contributed by atoms with van der Waals surface area (Å²) in [6, 6.07) is 9.55. The molecule has 7 nitrogen and oxygen atoms in total. The first-order valence-corrected chi connectivity index (χ1v) is 9.93. The molecule has 0 bridgehead atoms. The van der Waals surface area contributed by atoms with Gasteiger partial charge in [-0.05, 0) is 38.4 Å². The molecule has 3 aromatic rings. The van der Waals surface area contributed by atoms with Crippen molar-refractivity contribution < 1.29 is 0 Å². The molecule has 0 N–H and O–H groups in total. The Bertz CT molecular complexity index is 979. The highest BCUT2D eigenvalue weighted by Crippen LogP contribution is 2.13. The summed E-state index contributed by atoms with van der Waals surface area (Å²) in [6.07, 6.45) is 5.59. The zero-order chi connectivity index (χ0) is 19.3. The number of anilines is 1. The average Bonchev–Trinajstić information content (AvgIpc) is 2.75. The first kappa shape index (κ1) is 18.6. The Morgan fingerprint density at radius 1 is 0.893 bits per heavy atom. The van der Waals surface area contributed by atoms with Crippen LogP contribution in [0.3, 0.4) is 0 Å². The van der Waals surface area contributed by atoms with Gasteiger partial charge in [0.2, 0.25) is 5.95 Å². The van der Waals surface area contributed by atoms with Crippen LogP contribution in [0.5, 0.6) is 0 Å². The molecule has 3 heterocycles. The highest BCUT2D eigenvalue weighted by molar-refractivity contribution is 5.83. The van der Waals surface area contributed by atoms with E-state index in [9.17, 15) is 4.79 Å². The van der Waals surface area contributed by atoms with Gasteiger partial charge in [0.1, 0.15) is 0 Å². The van der Waals surface area contributed by atoms with Crippen LogP contribution in [0.1, 0.15) is 18.5 Å². The second-order valence-corrected chi connectivity index (χ2v) is 7.24. The topological polar surface area (TPSA) is 67.2 Å². The van der Waals surface area contributed by atoms with Crippen LogP contribution in [-0.2, 0) is 6.54 Å². The van der Waals surface area contributed by atoms with E-state index in [4.69, 9.17) is 0 Å². The number of aromatic nitrogens is 4. The number of fused-ring (bicyclic) bond motifs is 1. The molecule has 1 aromatic carbocycles. The maximum atomic E-state index is 12.6. The second kappa shape index (κ2) is 8.48. The van der Waals surface area contributed by atoms with Gasteiger partial charge in [-0.25, -0.2) is 14.6 Å². The molecule has 0 spiro atoms. The first-order valence-electron chi connectivity index (χ1n) is 9.93. The van der Waals surface area contributed by atoms with Crippen molar-refractivity contribution in [2.45, 2.75) is 26.3 Å². The van der Waals surface area contributed by atoms with Crippen LogP contribution in [-0.4, -0.2) is 57.4 Å². The predicted molar refractivity (Wildman–Crippen MR) is 111 cm³/mol. The molecule has 0 amide bonds. The Hall–Kier alpha value is -2.80. The zero-order valence-electron chi connectivity index (χ0n) is 16.3. The van der Waals surface area contributed by atoms with E-state index in [-0.39, 0.29) is 5.56 Å². The van der Waals surface area contributed by atoms with E-state index in [1.165, 1.54) is 0 Å². The van der Waals surface area contributed by atoms with Crippen molar-refractivity contribution in [2.24, 2.45) is 0 Å². The molecular weight excluding hydrogens is 352 g/mol. The Kier molecular flexibility index (Phi) is 5.62. The average molecular weight is 378 g/mol. The highest BCUT2D eigenvalue weighted by Gasteiger charge is 2.18. The van der Waals surface area contributed by atoms with Gasteiger partial charge in [-0.15, -0.1) is 0 Å². The second-order valence-electron chi connectivity index (χ2n) is 7.24. The zero-order valence-corrected chi connectivity index (χ0v) is 16.3. The lowest BCUT2D eigenvalue weighted by molar-refractivity contribution is 0.249. The molecule has 1 aliphatic heterocycles. The van der Waals surface area contributed by atoms with Gasteiger partial charge in [0.05, 0.1) is 11.1 Å².